The molecule has 140 valence electrons. The minimum absolute atomic E-state index is 0.00530. The van der Waals surface area contributed by atoms with Gasteiger partial charge < -0.3 is 9.84 Å². The van der Waals surface area contributed by atoms with Crippen LogP contribution in [0.1, 0.15) is 11.1 Å². The molecule has 0 bridgehead atoms. The highest BCUT2D eigenvalue weighted by Crippen LogP contribution is 2.24. The number of halogens is 2. The lowest BCUT2D eigenvalue weighted by atomic mass is 10.0. The molecule has 0 saturated carbocycles. The zero-order valence-corrected chi connectivity index (χ0v) is 16.3. The summed E-state index contributed by atoms with van der Waals surface area (Å²) in [6.07, 6.45) is 0.00530. The number of rotatable bonds is 5. The largest absolute Gasteiger partial charge is 0.481 e. The van der Waals surface area contributed by atoms with Crippen LogP contribution in [0.4, 0.5) is 0 Å². The Morgan fingerprint density at radius 2 is 1.75 bits per heavy atom. The van der Waals surface area contributed by atoms with Crippen molar-refractivity contribution in [1.82, 2.24) is 0 Å². The van der Waals surface area contributed by atoms with Crippen molar-refractivity contribution in [3.05, 3.63) is 87.9 Å². The Morgan fingerprint density at radius 1 is 0.964 bits per heavy atom. The van der Waals surface area contributed by atoms with Crippen LogP contribution >= 0.6 is 23.2 Å². The Kier molecular flexibility index (Phi) is 6.60. The van der Waals surface area contributed by atoms with Crippen molar-refractivity contribution >= 4 is 29.2 Å². The lowest BCUT2D eigenvalue weighted by Gasteiger charge is -2.06. The number of carbonyl (C=O) groups is 1. The van der Waals surface area contributed by atoms with E-state index in [0.717, 1.165) is 16.7 Å². The highest BCUT2D eigenvalue weighted by Gasteiger charge is 2.04. The number of hydrogen-bond donors (Lipinski definition) is 1. The third-order valence-electron chi connectivity index (χ3n) is 3.94. The second-order valence-electron chi connectivity index (χ2n) is 6.01. The molecule has 0 aliphatic heterocycles. The minimum atomic E-state index is -0.845. The van der Waals surface area contributed by atoms with Crippen LogP contribution < -0.4 is 4.74 Å². The van der Waals surface area contributed by atoms with E-state index in [2.05, 4.69) is 11.8 Å². The summed E-state index contributed by atoms with van der Waals surface area (Å²) in [4.78, 5) is 10.9. The van der Waals surface area contributed by atoms with Crippen LogP contribution in [-0.4, -0.2) is 17.7 Å². The Bertz CT molecular complexity index is 1050. The van der Waals surface area contributed by atoms with E-state index in [9.17, 15) is 4.79 Å². The predicted octanol–water partition coefficient (Wildman–Crippen LogP) is 5.72. The summed E-state index contributed by atoms with van der Waals surface area (Å²) in [6, 6.07) is 20.2. The molecule has 0 aromatic heterocycles. The van der Waals surface area contributed by atoms with Crippen LogP contribution in [0.15, 0.2) is 66.7 Å². The maximum Gasteiger partial charge on any atom is 0.307 e. The smallest absolute Gasteiger partial charge is 0.307 e. The van der Waals surface area contributed by atoms with Gasteiger partial charge in [0.05, 0.1) is 11.4 Å². The zero-order chi connectivity index (χ0) is 19.9. The fourth-order valence-electron chi connectivity index (χ4n) is 2.62. The first-order chi connectivity index (χ1) is 13.5. The van der Waals surface area contributed by atoms with Crippen molar-refractivity contribution in [3.8, 4) is 28.7 Å². The highest BCUT2D eigenvalue weighted by atomic mass is 35.5. The second kappa shape index (κ2) is 9.32. The Labute approximate surface area is 173 Å². The summed E-state index contributed by atoms with van der Waals surface area (Å²) in [5.74, 6) is 5.73. The normalized spacial score (nSPS) is 10.1. The molecule has 0 unspecified atom stereocenters. The number of hydrogen-bond acceptors (Lipinski definition) is 2. The molecule has 28 heavy (non-hydrogen) atoms. The van der Waals surface area contributed by atoms with Crippen LogP contribution in [0, 0.1) is 11.8 Å². The summed E-state index contributed by atoms with van der Waals surface area (Å²) >= 11 is 11.9. The highest BCUT2D eigenvalue weighted by molar-refractivity contribution is 6.35. The molecule has 0 atom stereocenters. The molecule has 1 N–H and O–H groups in total. The first-order valence-electron chi connectivity index (χ1n) is 8.49. The van der Waals surface area contributed by atoms with Gasteiger partial charge in [0, 0.05) is 10.6 Å². The Morgan fingerprint density at radius 3 is 2.46 bits per heavy atom. The summed E-state index contributed by atoms with van der Waals surface area (Å²) in [5, 5.41) is 10.0. The van der Waals surface area contributed by atoms with Crippen LogP contribution in [0.5, 0.6) is 5.75 Å². The zero-order valence-electron chi connectivity index (χ0n) is 14.8. The predicted molar refractivity (Wildman–Crippen MR) is 112 cm³/mol. The first kappa shape index (κ1) is 19.8. The van der Waals surface area contributed by atoms with Gasteiger partial charge in [-0.15, -0.1) is 0 Å². The van der Waals surface area contributed by atoms with E-state index in [0.29, 0.717) is 21.4 Å². The molecule has 3 aromatic carbocycles. The molecule has 0 aliphatic rings. The van der Waals surface area contributed by atoms with Crippen LogP contribution in [-0.2, 0) is 11.2 Å². The van der Waals surface area contributed by atoms with Gasteiger partial charge >= 0.3 is 5.97 Å². The molecule has 3 rings (SSSR count). The molecule has 0 fully saturated rings. The topological polar surface area (TPSA) is 46.5 Å². The molecular formula is C23H16Cl2O3. The van der Waals surface area contributed by atoms with E-state index < -0.39 is 5.97 Å². The molecule has 0 spiro atoms. The Hall–Kier alpha value is -2.93. The summed E-state index contributed by atoms with van der Waals surface area (Å²) in [7, 11) is 0. The van der Waals surface area contributed by atoms with E-state index in [1.165, 1.54) is 0 Å². The molecule has 5 heteroatoms. The second-order valence-corrected chi connectivity index (χ2v) is 6.85. The summed E-state index contributed by atoms with van der Waals surface area (Å²) in [6.45, 7) is 0.229. The molecule has 3 aromatic rings. The van der Waals surface area contributed by atoms with Gasteiger partial charge in [-0.25, -0.2) is 0 Å². The minimum Gasteiger partial charge on any atom is -0.481 e. The monoisotopic (exact) mass is 410 g/mol. The lowest BCUT2D eigenvalue weighted by Crippen LogP contribution is -1.99. The summed E-state index contributed by atoms with van der Waals surface area (Å²) < 4.78 is 5.64. The molecule has 0 radical (unpaired) electrons. The average molecular weight is 411 g/mol. The van der Waals surface area contributed by atoms with Crippen molar-refractivity contribution in [2.45, 2.75) is 6.42 Å². The quantitative estimate of drug-likeness (QED) is 0.547. The van der Waals surface area contributed by atoms with Gasteiger partial charge in [-0.05, 0) is 47.0 Å². The van der Waals surface area contributed by atoms with Crippen molar-refractivity contribution in [3.63, 3.8) is 0 Å². The summed E-state index contributed by atoms with van der Waals surface area (Å²) in [5.41, 5.74) is 3.41. The number of carboxylic acids is 1. The molecule has 3 nitrogen and oxygen atoms in total. The molecule has 0 saturated heterocycles. The van der Waals surface area contributed by atoms with Gasteiger partial charge in [-0.1, -0.05) is 71.4 Å². The number of benzene rings is 3. The number of aliphatic carboxylic acids is 1. The molecule has 0 aliphatic carbocycles. The van der Waals surface area contributed by atoms with E-state index in [1.54, 1.807) is 24.3 Å². The van der Waals surface area contributed by atoms with Crippen molar-refractivity contribution < 1.29 is 14.6 Å². The fourth-order valence-corrected chi connectivity index (χ4v) is 3.08. The third-order valence-corrected chi connectivity index (χ3v) is 4.48. The van der Waals surface area contributed by atoms with E-state index >= 15 is 0 Å². The van der Waals surface area contributed by atoms with Gasteiger partial charge in [-0.2, -0.15) is 0 Å². The van der Waals surface area contributed by atoms with E-state index in [4.69, 9.17) is 33.0 Å². The van der Waals surface area contributed by atoms with Gasteiger partial charge in [0.1, 0.15) is 12.4 Å². The van der Waals surface area contributed by atoms with E-state index in [1.807, 2.05) is 42.5 Å². The van der Waals surface area contributed by atoms with Crippen LogP contribution in [0.25, 0.3) is 11.1 Å². The third kappa shape index (κ3) is 5.53. The van der Waals surface area contributed by atoms with Gasteiger partial charge in [0.25, 0.3) is 0 Å². The first-order valence-corrected chi connectivity index (χ1v) is 9.25. The molecular weight excluding hydrogens is 395 g/mol. The molecule has 0 heterocycles. The molecule has 0 amide bonds. The SMILES string of the molecule is O=C(O)Cc1cccc(-c2ccc(OCC#Cc3ccc(Cl)cc3Cl)cc2)c1. The Balaban J connectivity index is 1.62. The number of ether oxygens (including phenoxy) is 1. The average Bonchev–Trinajstić information content (AvgIpc) is 2.67. The standard InChI is InChI=1S/C23H16Cl2O3/c24-20-9-6-18(22(25)15-20)5-2-12-28-21-10-7-17(8-11-21)19-4-1-3-16(13-19)14-23(26)27/h1,3-4,6-11,13,15H,12,14H2,(H,26,27). The van der Waals surface area contributed by atoms with Gasteiger partial charge in [0.2, 0.25) is 0 Å². The van der Waals surface area contributed by atoms with Gasteiger partial charge in [-0.3, -0.25) is 4.79 Å². The fraction of sp³-hybridized carbons (Fsp3) is 0.0870. The van der Waals surface area contributed by atoms with Crippen molar-refractivity contribution in [2.75, 3.05) is 6.61 Å². The lowest BCUT2D eigenvalue weighted by molar-refractivity contribution is -0.136. The van der Waals surface area contributed by atoms with Crippen LogP contribution in [0.2, 0.25) is 10.0 Å². The van der Waals surface area contributed by atoms with Crippen molar-refractivity contribution in [1.29, 1.82) is 0 Å². The number of carboxylic acid groups (broad SMARTS) is 1. The maximum absolute atomic E-state index is 10.9. The van der Waals surface area contributed by atoms with E-state index in [-0.39, 0.29) is 13.0 Å². The van der Waals surface area contributed by atoms with Crippen LogP contribution in [0.3, 0.4) is 0 Å². The van der Waals surface area contributed by atoms with Crippen molar-refractivity contribution in [2.24, 2.45) is 0 Å². The maximum atomic E-state index is 10.9. The van der Waals surface area contributed by atoms with Gasteiger partial charge in [0.15, 0.2) is 0 Å².